The molecule has 0 amide bonds. The summed E-state index contributed by atoms with van der Waals surface area (Å²) in [6.07, 6.45) is 2.71. The first-order valence-corrected chi connectivity index (χ1v) is 11.7. The summed E-state index contributed by atoms with van der Waals surface area (Å²) in [5.74, 6) is 1.09. The van der Waals surface area contributed by atoms with Crippen molar-refractivity contribution in [1.29, 1.82) is 0 Å². The lowest BCUT2D eigenvalue weighted by Gasteiger charge is -2.22. The standard InChI is InChI=1S/C22H17N2O4PS/c25-22-17(16-26-21-14-8-7-13-20(21)22)15-23-24-29(30,27-18-9-3-1-4-10-18)28-19-11-5-2-6-12-19/h1-16H,(H,24,30). The Morgan fingerprint density at radius 1 is 0.867 bits per heavy atom. The third-order valence-corrected chi connectivity index (χ3v) is 5.98. The van der Waals surface area contributed by atoms with Gasteiger partial charge in [0.2, 0.25) is 5.43 Å². The van der Waals surface area contributed by atoms with Crippen molar-refractivity contribution in [1.82, 2.24) is 5.20 Å². The van der Waals surface area contributed by atoms with Crippen molar-refractivity contribution in [2.75, 3.05) is 0 Å². The molecule has 30 heavy (non-hydrogen) atoms. The van der Waals surface area contributed by atoms with Crippen molar-refractivity contribution in [3.05, 3.63) is 107 Å². The highest BCUT2D eigenvalue weighted by Gasteiger charge is 2.22. The molecule has 1 aromatic heterocycles. The van der Waals surface area contributed by atoms with Crippen LogP contribution in [0.4, 0.5) is 0 Å². The van der Waals surface area contributed by atoms with E-state index in [1.54, 1.807) is 48.5 Å². The van der Waals surface area contributed by atoms with Crippen LogP contribution in [0.15, 0.2) is 106 Å². The largest absolute Gasteiger partial charge is 0.463 e. The maximum absolute atomic E-state index is 12.6. The SMILES string of the molecule is O=c1c(C=NNP(=S)(Oc2ccccc2)Oc2ccccc2)coc2ccccc12. The Morgan fingerprint density at radius 2 is 1.43 bits per heavy atom. The Labute approximate surface area is 178 Å². The summed E-state index contributed by atoms with van der Waals surface area (Å²) in [4.78, 5) is 12.6. The molecular formula is C22H17N2O4PS. The van der Waals surface area contributed by atoms with Gasteiger partial charge in [-0.3, -0.25) is 4.79 Å². The maximum atomic E-state index is 12.6. The van der Waals surface area contributed by atoms with E-state index < -0.39 is 6.64 Å². The van der Waals surface area contributed by atoms with Crippen LogP contribution in [0.1, 0.15) is 5.56 Å². The highest BCUT2D eigenvalue weighted by Crippen LogP contribution is 2.45. The van der Waals surface area contributed by atoms with Gasteiger partial charge in [0.25, 0.3) is 0 Å². The molecular weight excluding hydrogens is 419 g/mol. The average Bonchev–Trinajstić information content (AvgIpc) is 2.77. The molecule has 0 aliphatic rings. The summed E-state index contributed by atoms with van der Waals surface area (Å²) in [5.41, 5.74) is 0.600. The molecule has 1 N–H and O–H groups in total. The van der Waals surface area contributed by atoms with Gasteiger partial charge in [0.15, 0.2) is 0 Å². The summed E-state index contributed by atoms with van der Waals surface area (Å²) in [5, 5.41) is 7.40. The van der Waals surface area contributed by atoms with Crippen LogP contribution in [0.3, 0.4) is 0 Å². The predicted molar refractivity (Wildman–Crippen MR) is 122 cm³/mol. The molecule has 0 aliphatic carbocycles. The monoisotopic (exact) mass is 436 g/mol. The second-order valence-electron chi connectivity index (χ2n) is 6.18. The lowest BCUT2D eigenvalue weighted by atomic mass is 10.2. The van der Waals surface area contributed by atoms with Crippen molar-refractivity contribution in [3.63, 3.8) is 0 Å². The van der Waals surface area contributed by atoms with Crippen molar-refractivity contribution in [2.45, 2.75) is 0 Å². The molecule has 0 spiro atoms. The third-order valence-electron chi connectivity index (χ3n) is 4.03. The van der Waals surface area contributed by atoms with E-state index in [4.69, 9.17) is 25.3 Å². The van der Waals surface area contributed by atoms with Crippen molar-refractivity contribution < 1.29 is 13.5 Å². The minimum atomic E-state index is -3.11. The van der Waals surface area contributed by atoms with Crippen LogP contribution in [0.25, 0.3) is 11.0 Å². The van der Waals surface area contributed by atoms with Crippen LogP contribution < -0.4 is 19.7 Å². The van der Waals surface area contributed by atoms with Gasteiger partial charge in [-0.1, -0.05) is 48.5 Å². The fraction of sp³-hybridized carbons (Fsp3) is 0. The first-order valence-electron chi connectivity index (χ1n) is 9.03. The van der Waals surface area contributed by atoms with Gasteiger partial charge < -0.3 is 13.5 Å². The first kappa shape index (κ1) is 19.9. The zero-order valence-electron chi connectivity index (χ0n) is 15.7. The molecule has 0 atom stereocenters. The minimum absolute atomic E-state index is 0.191. The average molecular weight is 436 g/mol. The normalized spacial score (nSPS) is 11.5. The molecule has 4 aromatic rings. The predicted octanol–water partition coefficient (Wildman–Crippen LogP) is 5.10. The van der Waals surface area contributed by atoms with Gasteiger partial charge in [0, 0.05) is 11.8 Å². The molecule has 3 aromatic carbocycles. The fourth-order valence-electron chi connectivity index (χ4n) is 2.65. The summed E-state index contributed by atoms with van der Waals surface area (Å²) in [6, 6.07) is 25.2. The number of rotatable bonds is 7. The Morgan fingerprint density at radius 3 is 2.07 bits per heavy atom. The van der Waals surface area contributed by atoms with Crippen LogP contribution in [0, 0.1) is 0 Å². The number of hydrogen-bond acceptors (Lipinski definition) is 6. The lowest BCUT2D eigenvalue weighted by molar-refractivity contribution is 0.472. The Kier molecular flexibility index (Phi) is 5.93. The minimum Gasteiger partial charge on any atom is -0.463 e. The molecule has 0 fully saturated rings. The first-order chi connectivity index (χ1) is 14.6. The number of hydrogen-bond donors (Lipinski definition) is 1. The molecule has 1 heterocycles. The lowest BCUT2D eigenvalue weighted by Crippen LogP contribution is -2.15. The molecule has 0 radical (unpaired) electrons. The summed E-state index contributed by atoms with van der Waals surface area (Å²) < 4.78 is 17.3. The number of nitrogens with one attached hydrogen (secondary N) is 1. The second kappa shape index (κ2) is 8.95. The summed E-state index contributed by atoms with van der Waals surface area (Å²) >= 11 is 5.63. The van der Waals surface area contributed by atoms with E-state index in [1.807, 2.05) is 36.4 Å². The van der Waals surface area contributed by atoms with E-state index in [9.17, 15) is 4.79 Å². The van der Waals surface area contributed by atoms with Gasteiger partial charge in [0.1, 0.15) is 23.3 Å². The van der Waals surface area contributed by atoms with Gasteiger partial charge in [0.05, 0.1) is 17.2 Å². The van der Waals surface area contributed by atoms with Gasteiger partial charge in [-0.2, -0.15) is 5.10 Å². The maximum Gasteiger partial charge on any atom is 0.408 e. The van der Waals surface area contributed by atoms with Gasteiger partial charge in [-0.15, -0.1) is 0 Å². The Hall–Kier alpha value is -3.41. The van der Waals surface area contributed by atoms with Crippen molar-refractivity contribution in [3.8, 4) is 11.5 Å². The van der Waals surface area contributed by atoms with Gasteiger partial charge in [-0.05, 0) is 36.4 Å². The summed E-state index contributed by atoms with van der Waals surface area (Å²) in [6.45, 7) is -3.11. The Balaban J connectivity index is 1.59. The Bertz CT molecular complexity index is 1230. The molecule has 0 saturated heterocycles. The number of para-hydroxylation sites is 3. The number of fused-ring (bicyclic) bond motifs is 1. The van der Waals surface area contributed by atoms with Gasteiger partial charge >= 0.3 is 6.64 Å². The summed E-state index contributed by atoms with van der Waals surface area (Å²) in [7, 11) is 0. The highest BCUT2D eigenvalue weighted by atomic mass is 32.5. The molecule has 0 unspecified atom stereocenters. The van der Waals surface area contributed by atoms with Crippen LogP contribution >= 0.6 is 6.64 Å². The smallest absolute Gasteiger partial charge is 0.408 e. The highest BCUT2D eigenvalue weighted by molar-refractivity contribution is 8.09. The molecule has 0 aliphatic heterocycles. The zero-order valence-corrected chi connectivity index (χ0v) is 17.4. The third kappa shape index (κ3) is 4.76. The van der Waals surface area contributed by atoms with Crippen LogP contribution in [0.2, 0.25) is 0 Å². The molecule has 150 valence electrons. The molecule has 0 saturated carbocycles. The van der Waals surface area contributed by atoms with E-state index in [1.165, 1.54) is 12.5 Å². The zero-order chi connectivity index (χ0) is 20.8. The second-order valence-corrected chi connectivity index (χ2v) is 9.18. The van der Waals surface area contributed by atoms with Crippen molar-refractivity contribution >= 4 is 35.6 Å². The molecule has 8 heteroatoms. The van der Waals surface area contributed by atoms with Gasteiger partial charge in [-0.25, -0.2) is 5.20 Å². The van der Waals surface area contributed by atoms with E-state index in [0.29, 0.717) is 22.5 Å². The fourth-order valence-corrected chi connectivity index (χ4v) is 4.43. The number of hydrazone groups is 1. The van der Waals surface area contributed by atoms with E-state index in [0.717, 1.165) is 0 Å². The molecule has 6 nitrogen and oxygen atoms in total. The van der Waals surface area contributed by atoms with Crippen LogP contribution in [-0.2, 0) is 11.8 Å². The number of benzene rings is 3. The van der Waals surface area contributed by atoms with E-state index in [-0.39, 0.29) is 11.0 Å². The number of nitrogens with zero attached hydrogens (tertiary/aromatic N) is 1. The molecule has 4 rings (SSSR count). The van der Waals surface area contributed by atoms with E-state index >= 15 is 0 Å². The quantitative estimate of drug-likeness (QED) is 0.247. The van der Waals surface area contributed by atoms with Crippen molar-refractivity contribution in [2.24, 2.45) is 5.10 Å². The van der Waals surface area contributed by atoms with Crippen LogP contribution in [0.5, 0.6) is 11.5 Å². The topological polar surface area (TPSA) is 73.1 Å². The van der Waals surface area contributed by atoms with Crippen LogP contribution in [-0.4, -0.2) is 6.21 Å². The van der Waals surface area contributed by atoms with E-state index in [2.05, 4.69) is 10.3 Å². The molecule has 0 bridgehead atoms.